The highest BCUT2D eigenvalue weighted by molar-refractivity contribution is 6.35. The van der Waals surface area contributed by atoms with Gasteiger partial charge in [0.05, 0.1) is 11.0 Å². The van der Waals surface area contributed by atoms with Gasteiger partial charge in [-0.05, 0) is 39.7 Å². The number of hydrogen-bond donors (Lipinski definition) is 2. The number of nitrogen functional groups attached to an aromatic ring is 1. The maximum atomic E-state index is 11.7. The van der Waals surface area contributed by atoms with E-state index in [2.05, 4.69) is 15.3 Å². The topological polar surface area (TPSA) is 95.1 Å². The van der Waals surface area contributed by atoms with Crippen LogP contribution in [0.25, 0.3) is 21.9 Å². The van der Waals surface area contributed by atoms with Crippen molar-refractivity contribution in [2.24, 2.45) is 0 Å². The molecule has 0 fully saturated rings. The van der Waals surface area contributed by atoms with Gasteiger partial charge in [0.25, 0.3) is 0 Å². The smallest absolute Gasteiger partial charge is 0.407 e. The minimum absolute atomic E-state index is 0.348. The Bertz CT molecular complexity index is 978. The van der Waals surface area contributed by atoms with E-state index in [0.717, 1.165) is 29.3 Å². The second-order valence-corrected chi connectivity index (χ2v) is 7.73. The molecule has 0 aliphatic carbocycles. The summed E-state index contributed by atoms with van der Waals surface area (Å²) in [6, 6.07) is 7.78. The van der Waals surface area contributed by atoms with Gasteiger partial charge in [-0.3, -0.25) is 0 Å². The number of para-hydroxylation sites is 1. The van der Waals surface area contributed by atoms with Gasteiger partial charge in [0.2, 0.25) is 5.95 Å². The standard InChI is InChI=1S/C19H24ClN5O2/c1-19(2,3)27-18(26)22-10-6-7-11-25-15-12-8-4-5-9-13(12)23-16(20)14(15)24-17(25)21/h4-5,8-9H,6-7,10-11H2,1-3H3,(H2,21,24)(H,22,26). The largest absolute Gasteiger partial charge is 0.444 e. The fraction of sp³-hybridized carbons (Fsp3) is 0.421. The summed E-state index contributed by atoms with van der Waals surface area (Å²) in [7, 11) is 0. The molecule has 3 N–H and O–H groups in total. The van der Waals surface area contributed by atoms with Gasteiger partial charge in [0.15, 0.2) is 5.15 Å². The van der Waals surface area contributed by atoms with Gasteiger partial charge in [0, 0.05) is 18.5 Å². The van der Waals surface area contributed by atoms with E-state index in [9.17, 15) is 4.79 Å². The number of alkyl carbamates (subject to hydrolysis) is 1. The van der Waals surface area contributed by atoms with E-state index >= 15 is 0 Å². The summed E-state index contributed by atoms with van der Waals surface area (Å²) in [5, 5.41) is 4.08. The van der Waals surface area contributed by atoms with Crippen molar-refractivity contribution in [3.05, 3.63) is 29.4 Å². The van der Waals surface area contributed by atoms with E-state index in [1.807, 2.05) is 49.6 Å². The molecular weight excluding hydrogens is 366 g/mol. The van der Waals surface area contributed by atoms with Crippen molar-refractivity contribution in [3.8, 4) is 0 Å². The predicted molar refractivity (Wildman–Crippen MR) is 108 cm³/mol. The zero-order chi connectivity index (χ0) is 19.6. The van der Waals surface area contributed by atoms with Gasteiger partial charge in [-0.15, -0.1) is 0 Å². The number of carbonyl (C=O) groups excluding carboxylic acids is 1. The second-order valence-electron chi connectivity index (χ2n) is 7.37. The molecule has 1 amide bonds. The molecule has 27 heavy (non-hydrogen) atoms. The van der Waals surface area contributed by atoms with Crippen LogP contribution < -0.4 is 11.1 Å². The maximum absolute atomic E-state index is 11.7. The van der Waals surface area contributed by atoms with Crippen LogP contribution in [-0.4, -0.2) is 32.8 Å². The number of amides is 1. The number of nitrogens with one attached hydrogen (secondary N) is 1. The van der Waals surface area contributed by atoms with Gasteiger partial charge < -0.3 is 20.4 Å². The van der Waals surface area contributed by atoms with E-state index in [1.54, 1.807) is 0 Å². The summed E-state index contributed by atoms with van der Waals surface area (Å²) in [4.78, 5) is 20.4. The molecule has 0 atom stereocenters. The Kier molecular flexibility index (Phi) is 5.41. The number of nitrogens with zero attached hydrogens (tertiary/aromatic N) is 3. The first kappa shape index (κ1) is 19.2. The van der Waals surface area contributed by atoms with E-state index < -0.39 is 11.7 Å². The molecule has 8 heteroatoms. The van der Waals surface area contributed by atoms with E-state index in [4.69, 9.17) is 22.1 Å². The second kappa shape index (κ2) is 7.60. The third kappa shape index (κ3) is 4.42. The number of carbonyl (C=O) groups is 1. The fourth-order valence-corrected chi connectivity index (χ4v) is 3.17. The van der Waals surface area contributed by atoms with Crippen molar-refractivity contribution < 1.29 is 9.53 Å². The Morgan fingerprint density at radius 3 is 2.74 bits per heavy atom. The summed E-state index contributed by atoms with van der Waals surface area (Å²) in [5.41, 5.74) is 7.93. The molecule has 0 aliphatic rings. The SMILES string of the molecule is CC(C)(C)OC(=O)NCCCCn1c(N)nc2c(Cl)nc3ccccc3c21. The summed E-state index contributed by atoms with van der Waals surface area (Å²) in [5.74, 6) is 0.408. The molecule has 144 valence electrons. The summed E-state index contributed by atoms with van der Waals surface area (Å²) in [6.45, 7) is 6.71. The Morgan fingerprint density at radius 2 is 2.00 bits per heavy atom. The molecule has 2 aromatic heterocycles. The van der Waals surface area contributed by atoms with Crippen LogP contribution in [0.15, 0.2) is 24.3 Å². The van der Waals surface area contributed by atoms with Crippen molar-refractivity contribution in [3.63, 3.8) is 0 Å². The lowest BCUT2D eigenvalue weighted by Crippen LogP contribution is -2.33. The summed E-state index contributed by atoms with van der Waals surface area (Å²) < 4.78 is 7.18. The number of rotatable bonds is 5. The number of benzene rings is 1. The average Bonchev–Trinajstić information content (AvgIpc) is 2.91. The quantitative estimate of drug-likeness (QED) is 0.505. The molecule has 0 aliphatic heterocycles. The predicted octanol–water partition coefficient (Wildman–Crippen LogP) is 4.13. The maximum Gasteiger partial charge on any atom is 0.407 e. The van der Waals surface area contributed by atoms with Crippen molar-refractivity contribution in [1.82, 2.24) is 19.9 Å². The van der Waals surface area contributed by atoms with E-state index in [-0.39, 0.29) is 0 Å². The first-order valence-corrected chi connectivity index (χ1v) is 9.31. The first-order chi connectivity index (χ1) is 12.8. The molecule has 0 saturated heterocycles. The number of ether oxygens (including phenoxy) is 1. The van der Waals surface area contributed by atoms with Crippen molar-refractivity contribution in [2.45, 2.75) is 45.8 Å². The normalized spacial score (nSPS) is 11.9. The number of nitrogens with two attached hydrogens (primary N) is 1. The Hall–Kier alpha value is -2.54. The molecule has 0 unspecified atom stereocenters. The highest BCUT2D eigenvalue weighted by Gasteiger charge is 2.17. The van der Waals surface area contributed by atoms with Crippen molar-refractivity contribution in [2.75, 3.05) is 12.3 Å². The molecule has 0 spiro atoms. The number of anilines is 1. The molecular formula is C19H24ClN5O2. The van der Waals surface area contributed by atoms with Crippen LogP contribution in [0.2, 0.25) is 5.15 Å². The minimum Gasteiger partial charge on any atom is -0.444 e. The van der Waals surface area contributed by atoms with Crippen LogP contribution in [0, 0.1) is 0 Å². The fourth-order valence-electron chi connectivity index (χ4n) is 2.94. The van der Waals surface area contributed by atoms with Crippen molar-refractivity contribution >= 4 is 45.6 Å². The average molecular weight is 390 g/mol. The zero-order valence-corrected chi connectivity index (χ0v) is 16.5. The van der Waals surface area contributed by atoms with Gasteiger partial charge in [-0.25, -0.2) is 14.8 Å². The molecule has 0 saturated carbocycles. The molecule has 0 bridgehead atoms. The number of hydrogen-bond acceptors (Lipinski definition) is 5. The number of halogens is 1. The lowest BCUT2D eigenvalue weighted by atomic mass is 10.2. The van der Waals surface area contributed by atoms with Gasteiger partial charge in [-0.2, -0.15) is 0 Å². The Morgan fingerprint density at radius 1 is 1.26 bits per heavy atom. The number of imidazole rings is 1. The summed E-state index contributed by atoms with van der Waals surface area (Å²) in [6.07, 6.45) is 1.20. The lowest BCUT2D eigenvalue weighted by Gasteiger charge is -2.19. The third-order valence-electron chi connectivity index (χ3n) is 4.05. The monoisotopic (exact) mass is 389 g/mol. The van der Waals surface area contributed by atoms with Gasteiger partial charge in [0.1, 0.15) is 11.1 Å². The summed E-state index contributed by atoms with van der Waals surface area (Å²) >= 11 is 6.29. The molecule has 3 rings (SSSR count). The van der Waals surface area contributed by atoms with Crippen LogP contribution in [0.1, 0.15) is 33.6 Å². The zero-order valence-electron chi connectivity index (χ0n) is 15.8. The molecule has 3 aromatic rings. The van der Waals surface area contributed by atoms with Gasteiger partial charge in [-0.1, -0.05) is 29.8 Å². The Balaban J connectivity index is 1.69. The van der Waals surface area contributed by atoms with Crippen LogP contribution >= 0.6 is 11.6 Å². The molecule has 2 heterocycles. The number of fused-ring (bicyclic) bond motifs is 3. The van der Waals surface area contributed by atoms with Crippen LogP contribution in [0.5, 0.6) is 0 Å². The molecule has 7 nitrogen and oxygen atoms in total. The number of aromatic nitrogens is 3. The molecule has 1 aromatic carbocycles. The van der Waals surface area contributed by atoms with Crippen molar-refractivity contribution in [1.29, 1.82) is 0 Å². The van der Waals surface area contributed by atoms with E-state index in [0.29, 0.717) is 29.7 Å². The van der Waals surface area contributed by atoms with E-state index in [1.165, 1.54) is 0 Å². The first-order valence-electron chi connectivity index (χ1n) is 8.93. The number of pyridine rings is 1. The number of unbranched alkanes of at least 4 members (excludes halogenated alkanes) is 1. The Labute approximate surface area is 162 Å². The molecule has 0 radical (unpaired) electrons. The highest BCUT2D eigenvalue weighted by Crippen LogP contribution is 2.30. The van der Waals surface area contributed by atoms with Gasteiger partial charge >= 0.3 is 6.09 Å². The number of aryl methyl sites for hydroxylation is 1. The lowest BCUT2D eigenvalue weighted by molar-refractivity contribution is 0.0527. The minimum atomic E-state index is -0.497. The van der Waals surface area contributed by atoms with Crippen LogP contribution in [0.3, 0.4) is 0 Å². The van der Waals surface area contributed by atoms with Crippen LogP contribution in [-0.2, 0) is 11.3 Å². The third-order valence-corrected chi connectivity index (χ3v) is 4.31. The highest BCUT2D eigenvalue weighted by atomic mass is 35.5. The van der Waals surface area contributed by atoms with Crippen LogP contribution in [0.4, 0.5) is 10.7 Å².